The fraction of sp³-hybridized carbons (Fsp3) is 0.250. The Morgan fingerprint density at radius 2 is 1.89 bits per heavy atom. The molecule has 0 radical (unpaired) electrons. The summed E-state index contributed by atoms with van der Waals surface area (Å²) in [5.41, 5.74) is 7.32. The van der Waals surface area contributed by atoms with E-state index in [-0.39, 0.29) is 0 Å². The lowest BCUT2D eigenvalue weighted by molar-refractivity contribution is 1.31. The quantitative estimate of drug-likeness (QED) is 0.558. The summed E-state index contributed by atoms with van der Waals surface area (Å²) in [6, 6.07) is 0. The molecule has 0 aliphatic heterocycles. The minimum absolute atomic E-state index is 0.816. The standard InChI is InChI=1S/C8H13N/c1-4-7(2)5-6-8(3)9/h4-6H,1,9H2,2-3H3/b7-5+,8-6+. The lowest BCUT2D eigenvalue weighted by Crippen LogP contribution is -1.87. The molecule has 0 amide bonds. The van der Waals surface area contributed by atoms with Gasteiger partial charge in [0.05, 0.1) is 0 Å². The maximum Gasteiger partial charge on any atom is 0.00489 e. The summed E-state index contributed by atoms with van der Waals surface area (Å²) in [6.07, 6.45) is 5.58. The second-order valence-electron chi connectivity index (χ2n) is 2.03. The molecule has 0 fully saturated rings. The minimum Gasteiger partial charge on any atom is -0.402 e. The number of allylic oxidation sites excluding steroid dienone is 5. The van der Waals surface area contributed by atoms with E-state index in [9.17, 15) is 0 Å². The number of hydrogen-bond acceptors (Lipinski definition) is 1. The Morgan fingerprint density at radius 1 is 1.33 bits per heavy atom. The molecule has 0 aliphatic rings. The molecular weight excluding hydrogens is 110 g/mol. The summed E-state index contributed by atoms with van der Waals surface area (Å²) < 4.78 is 0. The Bertz CT molecular complexity index is 148. The van der Waals surface area contributed by atoms with Gasteiger partial charge in [0.1, 0.15) is 0 Å². The average molecular weight is 123 g/mol. The van der Waals surface area contributed by atoms with E-state index in [1.165, 1.54) is 0 Å². The van der Waals surface area contributed by atoms with E-state index in [4.69, 9.17) is 5.73 Å². The van der Waals surface area contributed by atoms with Crippen molar-refractivity contribution in [2.75, 3.05) is 0 Å². The highest BCUT2D eigenvalue weighted by Crippen LogP contribution is 1.93. The number of hydrogen-bond donors (Lipinski definition) is 1. The van der Waals surface area contributed by atoms with Gasteiger partial charge < -0.3 is 5.73 Å². The molecule has 0 atom stereocenters. The van der Waals surface area contributed by atoms with Crippen molar-refractivity contribution in [2.24, 2.45) is 5.73 Å². The monoisotopic (exact) mass is 123 g/mol. The van der Waals surface area contributed by atoms with Crippen LogP contribution in [0.3, 0.4) is 0 Å². The Balaban J connectivity index is 3.98. The third kappa shape index (κ3) is 4.88. The van der Waals surface area contributed by atoms with Crippen LogP contribution in [0.4, 0.5) is 0 Å². The Kier molecular flexibility index (Phi) is 3.52. The summed E-state index contributed by atoms with van der Waals surface area (Å²) in [5.74, 6) is 0. The van der Waals surface area contributed by atoms with E-state index in [0.29, 0.717) is 0 Å². The molecule has 2 N–H and O–H groups in total. The van der Waals surface area contributed by atoms with E-state index in [1.807, 2.05) is 26.0 Å². The zero-order valence-electron chi connectivity index (χ0n) is 6.02. The van der Waals surface area contributed by atoms with E-state index < -0.39 is 0 Å². The van der Waals surface area contributed by atoms with Gasteiger partial charge >= 0.3 is 0 Å². The maximum atomic E-state index is 5.38. The van der Waals surface area contributed by atoms with Crippen molar-refractivity contribution < 1.29 is 0 Å². The third-order valence-corrected chi connectivity index (χ3v) is 0.931. The molecule has 0 bridgehead atoms. The van der Waals surface area contributed by atoms with Gasteiger partial charge in [-0.1, -0.05) is 24.3 Å². The van der Waals surface area contributed by atoms with Crippen LogP contribution in [0, 0.1) is 0 Å². The van der Waals surface area contributed by atoms with Crippen LogP contribution >= 0.6 is 0 Å². The molecule has 0 rings (SSSR count). The second-order valence-corrected chi connectivity index (χ2v) is 2.03. The molecule has 0 aromatic heterocycles. The second kappa shape index (κ2) is 3.96. The zero-order chi connectivity index (χ0) is 7.28. The van der Waals surface area contributed by atoms with Crippen molar-refractivity contribution in [3.63, 3.8) is 0 Å². The van der Waals surface area contributed by atoms with Crippen LogP contribution in [0.5, 0.6) is 0 Å². The normalized spacial score (nSPS) is 13.6. The zero-order valence-corrected chi connectivity index (χ0v) is 6.02. The van der Waals surface area contributed by atoms with Crippen LogP contribution in [0.2, 0.25) is 0 Å². The predicted octanol–water partition coefficient (Wildman–Crippen LogP) is 1.98. The van der Waals surface area contributed by atoms with Gasteiger partial charge in [0.25, 0.3) is 0 Å². The van der Waals surface area contributed by atoms with Crippen LogP contribution in [0.15, 0.2) is 36.1 Å². The first kappa shape index (κ1) is 8.02. The molecule has 0 heterocycles. The van der Waals surface area contributed by atoms with Crippen LogP contribution in [-0.4, -0.2) is 0 Å². The minimum atomic E-state index is 0.816. The first-order valence-electron chi connectivity index (χ1n) is 2.90. The molecule has 0 spiro atoms. The van der Waals surface area contributed by atoms with Gasteiger partial charge in [0.2, 0.25) is 0 Å². The Morgan fingerprint density at radius 3 is 2.22 bits per heavy atom. The average Bonchev–Trinajstić information content (AvgIpc) is 1.83. The topological polar surface area (TPSA) is 26.0 Å². The SMILES string of the molecule is C=C/C(C)=C/C=C(\C)N. The molecule has 1 heteroatoms. The smallest absolute Gasteiger partial charge is 0.00489 e. The lowest BCUT2D eigenvalue weighted by atomic mass is 10.2. The van der Waals surface area contributed by atoms with Gasteiger partial charge in [-0.25, -0.2) is 0 Å². The molecule has 0 saturated carbocycles. The molecule has 50 valence electrons. The fourth-order valence-electron chi connectivity index (χ4n) is 0.331. The van der Waals surface area contributed by atoms with Crippen molar-refractivity contribution >= 4 is 0 Å². The van der Waals surface area contributed by atoms with Crippen molar-refractivity contribution in [1.29, 1.82) is 0 Å². The molecule has 0 saturated heterocycles. The highest BCUT2D eigenvalue weighted by Gasteiger charge is 1.75. The van der Waals surface area contributed by atoms with Crippen molar-refractivity contribution in [3.05, 3.63) is 36.1 Å². The molecule has 1 nitrogen and oxygen atoms in total. The first-order valence-corrected chi connectivity index (χ1v) is 2.90. The van der Waals surface area contributed by atoms with Crippen LogP contribution in [0.25, 0.3) is 0 Å². The largest absolute Gasteiger partial charge is 0.402 e. The van der Waals surface area contributed by atoms with Crippen molar-refractivity contribution in [3.8, 4) is 0 Å². The summed E-state index contributed by atoms with van der Waals surface area (Å²) in [6.45, 7) is 7.43. The Labute approximate surface area is 56.6 Å². The third-order valence-electron chi connectivity index (χ3n) is 0.931. The van der Waals surface area contributed by atoms with Crippen LogP contribution in [-0.2, 0) is 0 Å². The van der Waals surface area contributed by atoms with Gasteiger partial charge in [-0.05, 0) is 19.9 Å². The van der Waals surface area contributed by atoms with E-state index in [2.05, 4.69) is 6.58 Å². The van der Waals surface area contributed by atoms with Gasteiger partial charge in [-0.15, -0.1) is 0 Å². The van der Waals surface area contributed by atoms with E-state index in [0.717, 1.165) is 11.3 Å². The fourth-order valence-corrected chi connectivity index (χ4v) is 0.331. The summed E-state index contributed by atoms with van der Waals surface area (Å²) in [4.78, 5) is 0. The van der Waals surface area contributed by atoms with E-state index in [1.54, 1.807) is 6.08 Å². The van der Waals surface area contributed by atoms with E-state index >= 15 is 0 Å². The number of nitrogens with two attached hydrogens (primary N) is 1. The molecule has 0 aromatic carbocycles. The highest BCUT2D eigenvalue weighted by molar-refractivity contribution is 5.20. The molecule has 0 aliphatic carbocycles. The predicted molar refractivity (Wildman–Crippen MR) is 41.9 cm³/mol. The van der Waals surface area contributed by atoms with Crippen LogP contribution < -0.4 is 5.73 Å². The lowest BCUT2D eigenvalue weighted by Gasteiger charge is -1.86. The van der Waals surface area contributed by atoms with Gasteiger partial charge in [0, 0.05) is 5.70 Å². The molecule has 9 heavy (non-hydrogen) atoms. The van der Waals surface area contributed by atoms with Gasteiger partial charge in [0.15, 0.2) is 0 Å². The summed E-state index contributed by atoms with van der Waals surface area (Å²) in [5, 5.41) is 0. The Hall–Kier alpha value is -0.980. The number of rotatable bonds is 2. The molecule has 0 unspecified atom stereocenters. The first-order chi connectivity index (χ1) is 4.16. The molecular formula is C8H13N. The summed E-state index contributed by atoms with van der Waals surface area (Å²) in [7, 11) is 0. The van der Waals surface area contributed by atoms with Crippen LogP contribution in [0.1, 0.15) is 13.8 Å². The van der Waals surface area contributed by atoms with Gasteiger partial charge in [-0.3, -0.25) is 0 Å². The van der Waals surface area contributed by atoms with Crippen molar-refractivity contribution in [2.45, 2.75) is 13.8 Å². The molecule has 0 aromatic rings. The van der Waals surface area contributed by atoms with Crippen molar-refractivity contribution in [1.82, 2.24) is 0 Å². The van der Waals surface area contributed by atoms with Gasteiger partial charge in [-0.2, -0.15) is 0 Å². The maximum absolute atomic E-state index is 5.38. The summed E-state index contributed by atoms with van der Waals surface area (Å²) >= 11 is 0. The highest BCUT2D eigenvalue weighted by atomic mass is 14.5.